The van der Waals surface area contributed by atoms with Crippen molar-refractivity contribution >= 4 is 28.6 Å². The first-order valence-electron chi connectivity index (χ1n) is 9.10. The van der Waals surface area contributed by atoms with E-state index in [0.717, 1.165) is 11.8 Å². The highest BCUT2D eigenvalue weighted by Gasteiger charge is 2.22. The highest BCUT2D eigenvalue weighted by Crippen LogP contribution is 2.42. The van der Waals surface area contributed by atoms with Crippen LogP contribution in [-0.2, 0) is 0 Å². The molecule has 0 radical (unpaired) electrons. The van der Waals surface area contributed by atoms with Gasteiger partial charge >= 0.3 is 11.9 Å². The zero-order chi connectivity index (χ0) is 21.6. The van der Waals surface area contributed by atoms with Crippen LogP contribution in [0.5, 0.6) is 0 Å². The number of anilines is 1. The molecule has 3 N–H and O–H groups in total. The fourth-order valence-electron chi connectivity index (χ4n) is 3.52. The molecule has 0 saturated carbocycles. The maximum Gasteiger partial charge on any atom is 0.336 e. The summed E-state index contributed by atoms with van der Waals surface area (Å²) in [6.45, 7) is 0. The maximum absolute atomic E-state index is 12.0. The highest BCUT2D eigenvalue weighted by atomic mass is 16.4. The summed E-state index contributed by atoms with van der Waals surface area (Å²) in [6, 6.07) is 14.6. The van der Waals surface area contributed by atoms with Gasteiger partial charge in [0.2, 0.25) is 0 Å². The van der Waals surface area contributed by atoms with Crippen LogP contribution in [0.15, 0.2) is 59.0 Å². The van der Waals surface area contributed by atoms with E-state index < -0.39 is 11.9 Å². The normalized spacial score (nSPS) is 11.0. The number of rotatable bonds is 4. The summed E-state index contributed by atoms with van der Waals surface area (Å²) in [5.41, 5.74) is 2.86. The number of benzene rings is 3. The van der Waals surface area contributed by atoms with Gasteiger partial charge in [-0.3, -0.25) is 0 Å². The molecule has 0 atom stereocenters. The molecule has 4 rings (SSSR count). The zero-order valence-electron chi connectivity index (χ0n) is 16.3. The summed E-state index contributed by atoms with van der Waals surface area (Å²) in [7, 11) is 3.80. The summed E-state index contributed by atoms with van der Waals surface area (Å²) in [4.78, 5) is 25.3. The molecule has 2 aromatic rings. The van der Waals surface area contributed by atoms with E-state index in [4.69, 9.17) is 9.83 Å². The molecular weight excluding hydrogens is 384 g/mol. The molecule has 0 spiro atoms. The Kier molecular flexibility index (Phi) is 4.50. The van der Waals surface area contributed by atoms with Crippen molar-refractivity contribution in [3.63, 3.8) is 0 Å². The van der Waals surface area contributed by atoms with Crippen molar-refractivity contribution in [2.75, 3.05) is 19.0 Å². The summed E-state index contributed by atoms with van der Waals surface area (Å²) >= 11 is 0. The molecule has 30 heavy (non-hydrogen) atoms. The Labute approximate surface area is 171 Å². The topological polar surface area (TPSA) is 115 Å². The predicted molar refractivity (Wildman–Crippen MR) is 112 cm³/mol. The van der Waals surface area contributed by atoms with E-state index >= 15 is 0 Å². The Bertz CT molecular complexity index is 1350. The molecule has 7 nitrogen and oxygen atoms in total. The van der Waals surface area contributed by atoms with Crippen LogP contribution in [-0.4, -0.2) is 36.2 Å². The van der Waals surface area contributed by atoms with E-state index in [-0.39, 0.29) is 16.5 Å². The second kappa shape index (κ2) is 7.04. The number of carboxylic acids is 2. The Morgan fingerprint density at radius 3 is 2.30 bits per heavy atom. The van der Waals surface area contributed by atoms with Gasteiger partial charge in [-0.2, -0.15) is 0 Å². The van der Waals surface area contributed by atoms with Crippen molar-refractivity contribution in [3.8, 4) is 22.5 Å². The van der Waals surface area contributed by atoms with Crippen molar-refractivity contribution in [1.29, 1.82) is 5.41 Å². The van der Waals surface area contributed by atoms with Crippen molar-refractivity contribution in [2.24, 2.45) is 0 Å². The molecule has 1 aliphatic heterocycles. The van der Waals surface area contributed by atoms with Crippen LogP contribution < -0.4 is 10.3 Å². The van der Waals surface area contributed by atoms with Crippen LogP contribution >= 0.6 is 0 Å². The Morgan fingerprint density at radius 2 is 1.63 bits per heavy atom. The van der Waals surface area contributed by atoms with Crippen molar-refractivity contribution in [1.82, 2.24) is 0 Å². The third kappa shape index (κ3) is 3.16. The van der Waals surface area contributed by atoms with Gasteiger partial charge in [0.05, 0.1) is 16.5 Å². The van der Waals surface area contributed by atoms with Crippen LogP contribution in [0.2, 0.25) is 0 Å². The van der Waals surface area contributed by atoms with E-state index in [1.165, 1.54) is 12.1 Å². The number of fused-ring (bicyclic) bond motifs is 2. The molecular formula is C23H18N2O5. The smallest absolute Gasteiger partial charge is 0.336 e. The van der Waals surface area contributed by atoms with Gasteiger partial charge in [0.25, 0.3) is 0 Å². The SMILES string of the molecule is CN(C)c1ccc2c(-c3ccc(C(=O)O)cc3C(=O)O)c3ccc(=N)cc-3oc2c1. The first kappa shape index (κ1) is 19.2. The molecule has 7 heteroatoms. The average Bonchev–Trinajstić information content (AvgIpc) is 2.70. The molecule has 0 aromatic heterocycles. The lowest BCUT2D eigenvalue weighted by Crippen LogP contribution is -2.09. The van der Waals surface area contributed by atoms with Gasteiger partial charge in [0.15, 0.2) is 0 Å². The second-order valence-electron chi connectivity index (χ2n) is 7.13. The fraction of sp³-hybridized carbons (Fsp3) is 0.0870. The van der Waals surface area contributed by atoms with E-state index in [2.05, 4.69) is 0 Å². The quantitative estimate of drug-likeness (QED) is 0.442. The van der Waals surface area contributed by atoms with Crippen molar-refractivity contribution in [2.45, 2.75) is 0 Å². The van der Waals surface area contributed by atoms with Gasteiger partial charge in [-0.15, -0.1) is 0 Å². The number of carbonyl (C=O) groups is 2. The van der Waals surface area contributed by atoms with Crippen molar-refractivity contribution in [3.05, 3.63) is 71.1 Å². The predicted octanol–water partition coefficient (Wildman–Crippen LogP) is 4.15. The lowest BCUT2D eigenvalue weighted by atomic mass is 9.90. The molecule has 1 aliphatic carbocycles. The summed E-state index contributed by atoms with van der Waals surface area (Å²) in [6.07, 6.45) is 0. The van der Waals surface area contributed by atoms with Gasteiger partial charge in [-0.05, 0) is 42.0 Å². The molecule has 0 bridgehead atoms. The number of hydrogen-bond acceptors (Lipinski definition) is 5. The van der Waals surface area contributed by atoms with Crippen LogP contribution in [0.4, 0.5) is 5.69 Å². The number of hydrogen-bond donors (Lipinski definition) is 3. The van der Waals surface area contributed by atoms with E-state index in [1.54, 1.807) is 18.2 Å². The number of aromatic carboxylic acids is 2. The standard InChI is InChI=1S/C23H18N2O5/c1-25(2)14-5-8-17-20(11-14)30-19-10-13(24)4-7-16(19)21(17)15-6-3-12(22(26)27)9-18(15)23(28)29/h3-11,24H,1-2H3,(H,26,27)(H,28,29). The number of nitrogens with one attached hydrogen (secondary N) is 1. The third-order valence-electron chi connectivity index (χ3n) is 4.99. The van der Waals surface area contributed by atoms with Gasteiger partial charge in [-0.25, -0.2) is 9.59 Å². The molecule has 0 saturated heterocycles. The minimum atomic E-state index is -1.22. The summed E-state index contributed by atoms with van der Waals surface area (Å²) < 4.78 is 6.05. The largest absolute Gasteiger partial charge is 0.478 e. The summed E-state index contributed by atoms with van der Waals surface area (Å²) in [5.74, 6) is -1.98. The molecule has 2 aromatic carbocycles. The molecule has 1 heterocycles. The Balaban J connectivity index is 2.15. The van der Waals surface area contributed by atoms with E-state index in [9.17, 15) is 19.8 Å². The minimum Gasteiger partial charge on any atom is -0.478 e. The maximum atomic E-state index is 12.0. The van der Waals surface area contributed by atoms with Crippen molar-refractivity contribution < 1.29 is 24.2 Å². The zero-order valence-corrected chi connectivity index (χ0v) is 16.3. The monoisotopic (exact) mass is 402 g/mol. The van der Waals surface area contributed by atoms with Gasteiger partial charge in [0, 0.05) is 48.4 Å². The first-order valence-corrected chi connectivity index (χ1v) is 9.10. The lowest BCUT2D eigenvalue weighted by molar-refractivity contribution is 0.0696. The van der Waals surface area contributed by atoms with E-state index in [1.807, 2.05) is 37.2 Å². The Hall–Kier alpha value is -4.13. The molecule has 0 amide bonds. The lowest BCUT2D eigenvalue weighted by Gasteiger charge is -2.19. The third-order valence-corrected chi connectivity index (χ3v) is 4.99. The van der Waals surface area contributed by atoms with Gasteiger partial charge < -0.3 is 24.9 Å². The number of carboxylic acid groups (broad SMARTS) is 2. The van der Waals surface area contributed by atoms with Crippen LogP contribution in [0.3, 0.4) is 0 Å². The second-order valence-corrected chi connectivity index (χ2v) is 7.13. The molecule has 0 fully saturated rings. The highest BCUT2D eigenvalue weighted by molar-refractivity contribution is 6.08. The molecule has 2 aliphatic rings. The molecule has 150 valence electrons. The summed E-state index contributed by atoms with van der Waals surface area (Å²) in [5, 5.41) is 27.9. The number of nitrogens with zero attached hydrogens (tertiary/aromatic N) is 1. The van der Waals surface area contributed by atoms with Crippen LogP contribution in [0.25, 0.3) is 33.4 Å². The van der Waals surface area contributed by atoms with Gasteiger partial charge in [-0.1, -0.05) is 6.07 Å². The van der Waals surface area contributed by atoms with E-state index in [0.29, 0.717) is 33.4 Å². The fourth-order valence-corrected chi connectivity index (χ4v) is 3.52. The van der Waals surface area contributed by atoms with Gasteiger partial charge in [0.1, 0.15) is 11.3 Å². The van der Waals surface area contributed by atoms with Crippen LogP contribution in [0.1, 0.15) is 20.7 Å². The molecule has 0 unspecified atom stereocenters. The first-order chi connectivity index (χ1) is 14.3. The Morgan fingerprint density at radius 1 is 0.900 bits per heavy atom. The average molecular weight is 402 g/mol. The minimum absolute atomic E-state index is 0.103. The van der Waals surface area contributed by atoms with Crippen LogP contribution in [0, 0.1) is 5.41 Å².